The molecule has 190 valence electrons. The van der Waals surface area contributed by atoms with Crippen LogP contribution in [0.3, 0.4) is 0 Å². The monoisotopic (exact) mass is 498 g/mol. The van der Waals surface area contributed by atoms with Crippen molar-refractivity contribution in [2.45, 2.75) is 44.7 Å². The summed E-state index contributed by atoms with van der Waals surface area (Å²) in [5.74, 6) is -0.329. The Bertz CT molecular complexity index is 1270. The number of carbonyl (C=O) groups is 2. The number of hydrogen-bond donors (Lipinski definition) is 1. The van der Waals surface area contributed by atoms with Crippen LogP contribution in [-0.2, 0) is 22.7 Å². The van der Waals surface area contributed by atoms with E-state index in [9.17, 15) is 14.0 Å². The Morgan fingerprint density at radius 1 is 0.892 bits per heavy atom. The SMILES string of the molecule is O=C(Nc1cccc(C2CCN(Cc3ccccc3)CC2)c1)C1=NN(Cc2ccc(F)cc2)C(=O)CC1. The second-order valence-corrected chi connectivity index (χ2v) is 9.74. The van der Waals surface area contributed by atoms with Gasteiger partial charge in [0.2, 0.25) is 5.91 Å². The number of carbonyl (C=O) groups excluding carboxylic acids is 2. The van der Waals surface area contributed by atoms with Crippen molar-refractivity contribution < 1.29 is 14.0 Å². The van der Waals surface area contributed by atoms with Crippen LogP contribution >= 0.6 is 0 Å². The van der Waals surface area contributed by atoms with Gasteiger partial charge in [0, 0.05) is 25.1 Å². The molecule has 0 radical (unpaired) electrons. The van der Waals surface area contributed by atoms with Crippen LogP contribution in [0.15, 0.2) is 84.0 Å². The summed E-state index contributed by atoms with van der Waals surface area (Å²) < 4.78 is 13.2. The molecule has 6 nitrogen and oxygen atoms in total. The molecule has 0 atom stereocenters. The van der Waals surface area contributed by atoms with Gasteiger partial charge in [0.15, 0.2) is 0 Å². The minimum atomic E-state index is -0.336. The maximum Gasteiger partial charge on any atom is 0.271 e. The molecule has 3 aromatic rings. The Labute approximate surface area is 216 Å². The second kappa shape index (κ2) is 11.5. The zero-order valence-corrected chi connectivity index (χ0v) is 20.8. The summed E-state index contributed by atoms with van der Waals surface area (Å²) in [5.41, 5.74) is 4.38. The second-order valence-electron chi connectivity index (χ2n) is 9.74. The first-order valence-corrected chi connectivity index (χ1v) is 12.8. The number of likely N-dealkylation sites (tertiary alicyclic amines) is 1. The number of benzene rings is 3. The molecule has 0 unspecified atom stereocenters. The zero-order chi connectivity index (χ0) is 25.6. The largest absolute Gasteiger partial charge is 0.321 e. The molecule has 7 heteroatoms. The van der Waals surface area contributed by atoms with E-state index in [1.54, 1.807) is 12.1 Å². The average molecular weight is 499 g/mol. The minimum absolute atomic E-state index is 0.151. The van der Waals surface area contributed by atoms with Crippen LogP contribution in [0.5, 0.6) is 0 Å². The number of hydrazone groups is 1. The molecule has 1 N–H and O–H groups in total. The molecule has 0 spiro atoms. The Hall–Kier alpha value is -3.84. The summed E-state index contributed by atoms with van der Waals surface area (Å²) in [6.45, 7) is 3.27. The van der Waals surface area contributed by atoms with Crippen molar-refractivity contribution in [3.05, 3.63) is 101 Å². The molecule has 2 heterocycles. The van der Waals surface area contributed by atoms with Crippen LogP contribution in [0.1, 0.15) is 48.3 Å². The number of halogens is 1. The first-order valence-electron chi connectivity index (χ1n) is 12.8. The first-order chi connectivity index (χ1) is 18.0. The highest BCUT2D eigenvalue weighted by atomic mass is 19.1. The molecule has 1 saturated heterocycles. The summed E-state index contributed by atoms with van der Waals surface area (Å²) in [6, 6.07) is 24.5. The Morgan fingerprint density at radius 2 is 1.62 bits per heavy atom. The lowest BCUT2D eigenvalue weighted by atomic mass is 9.89. The highest BCUT2D eigenvalue weighted by Gasteiger charge is 2.25. The Morgan fingerprint density at radius 3 is 2.38 bits per heavy atom. The Kier molecular flexibility index (Phi) is 7.70. The number of nitrogens with zero attached hydrogens (tertiary/aromatic N) is 3. The standard InChI is InChI=1S/C30H31FN4O2/c31-26-11-9-23(10-12-26)21-35-29(36)14-13-28(33-35)30(37)32-27-8-4-7-25(19-27)24-15-17-34(18-16-24)20-22-5-2-1-3-6-22/h1-12,19,24H,13-18,20-21H2,(H,32,37). The van der Waals surface area contributed by atoms with Crippen molar-refractivity contribution in [3.63, 3.8) is 0 Å². The number of rotatable bonds is 7. The van der Waals surface area contributed by atoms with Gasteiger partial charge in [-0.25, -0.2) is 9.40 Å². The fourth-order valence-electron chi connectivity index (χ4n) is 4.99. The van der Waals surface area contributed by atoms with E-state index in [4.69, 9.17) is 0 Å². The van der Waals surface area contributed by atoms with Crippen LogP contribution in [0.4, 0.5) is 10.1 Å². The van der Waals surface area contributed by atoms with Crippen molar-refractivity contribution in [2.24, 2.45) is 5.10 Å². The van der Waals surface area contributed by atoms with Crippen molar-refractivity contribution in [1.29, 1.82) is 0 Å². The van der Waals surface area contributed by atoms with Gasteiger partial charge in [-0.3, -0.25) is 14.5 Å². The van der Waals surface area contributed by atoms with Gasteiger partial charge >= 0.3 is 0 Å². The fourth-order valence-corrected chi connectivity index (χ4v) is 4.99. The van der Waals surface area contributed by atoms with E-state index in [0.29, 0.717) is 18.1 Å². The van der Waals surface area contributed by atoms with Crippen molar-refractivity contribution >= 4 is 23.2 Å². The molecule has 1 fully saturated rings. The molecule has 0 aliphatic carbocycles. The maximum atomic E-state index is 13.2. The smallest absolute Gasteiger partial charge is 0.271 e. The van der Waals surface area contributed by atoms with Gasteiger partial charge < -0.3 is 5.32 Å². The van der Waals surface area contributed by atoms with E-state index in [1.807, 2.05) is 18.2 Å². The third kappa shape index (κ3) is 6.49. The van der Waals surface area contributed by atoms with Gasteiger partial charge in [0.05, 0.1) is 6.54 Å². The van der Waals surface area contributed by atoms with E-state index in [1.165, 1.54) is 28.3 Å². The zero-order valence-electron chi connectivity index (χ0n) is 20.8. The number of piperidine rings is 1. The van der Waals surface area contributed by atoms with E-state index < -0.39 is 0 Å². The van der Waals surface area contributed by atoms with Crippen LogP contribution < -0.4 is 5.32 Å². The highest BCUT2D eigenvalue weighted by molar-refractivity contribution is 6.43. The van der Waals surface area contributed by atoms with Gasteiger partial charge in [-0.05, 0) is 72.8 Å². The van der Waals surface area contributed by atoms with Gasteiger partial charge in [0.1, 0.15) is 11.5 Å². The van der Waals surface area contributed by atoms with Crippen molar-refractivity contribution in [2.75, 3.05) is 18.4 Å². The Balaban J connectivity index is 1.19. The molecule has 0 bridgehead atoms. The minimum Gasteiger partial charge on any atom is -0.321 e. The molecule has 2 amide bonds. The summed E-state index contributed by atoms with van der Waals surface area (Å²) >= 11 is 0. The normalized spacial score (nSPS) is 16.9. The third-order valence-electron chi connectivity index (χ3n) is 7.07. The van der Waals surface area contributed by atoms with Crippen LogP contribution in [0.2, 0.25) is 0 Å². The molecule has 0 aromatic heterocycles. The molecule has 2 aliphatic rings. The van der Waals surface area contributed by atoms with Gasteiger partial charge in [-0.1, -0.05) is 54.6 Å². The summed E-state index contributed by atoms with van der Waals surface area (Å²) in [6.07, 6.45) is 2.67. The number of anilines is 1. The maximum absolute atomic E-state index is 13.2. The lowest BCUT2D eigenvalue weighted by molar-refractivity contribution is -0.132. The number of amides is 2. The van der Waals surface area contributed by atoms with E-state index in [-0.39, 0.29) is 30.6 Å². The predicted octanol–water partition coefficient (Wildman–Crippen LogP) is 5.32. The molecule has 37 heavy (non-hydrogen) atoms. The highest BCUT2D eigenvalue weighted by Crippen LogP contribution is 2.30. The number of nitrogens with one attached hydrogen (secondary N) is 1. The van der Waals surface area contributed by atoms with Gasteiger partial charge in [-0.15, -0.1) is 0 Å². The first kappa shape index (κ1) is 24.8. The molecular weight excluding hydrogens is 467 g/mol. The lowest BCUT2D eigenvalue weighted by Gasteiger charge is -2.32. The van der Waals surface area contributed by atoms with E-state index in [0.717, 1.165) is 43.7 Å². The number of hydrogen-bond acceptors (Lipinski definition) is 4. The topological polar surface area (TPSA) is 65.0 Å². The quantitative estimate of drug-likeness (QED) is 0.479. The van der Waals surface area contributed by atoms with Crippen LogP contribution in [0.25, 0.3) is 0 Å². The van der Waals surface area contributed by atoms with Crippen molar-refractivity contribution in [1.82, 2.24) is 9.91 Å². The summed E-state index contributed by atoms with van der Waals surface area (Å²) in [7, 11) is 0. The molecule has 0 saturated carbocycles. The van der Waals surface area contributed by atoms with Crippen molar-refractivity contribution in [3.8, 4) is 0 Å². The van der Waals surface area contributed by atoms with E-state index >= 15 is 0 Å². The lowest BCUT2D eigenvalue weighted by Crippen LogP contribution is -2.36. The molecular formula is C30H31FN4O2. The van der Waals surface area contributed by atoms with Crippen LogP contribution in [-0.4, -0.2) is 40.5 Å². The third-order valence-corrected chi connectivity index (χ3v) is 7.07. The molecule has 2 aliphatic heterocycles. The molecule has 5 rings (SSSR count). The molecule has 3 aromatic carbocycles. The fraction of sp³-hybridized carbons (Fsp3) is 0.300. The summed E-state index contributed by atoms with van der Waals surface area (Å²) in [5, 5.41) is 8.59. The van der Waals surface area contributed by atoms with E-state index in [2.05, 4.69) is 51.7 Å². The van der Waals surface area contributed by atoms with Gasteiger partial charge in [0.25, 0.3) is 5.91 Å². The van der Waals surface area contributed by atoms with Crippen LogP contribution in [0, 0.1) is 5.82 Å². The average Bonchev–Trinajstić information content (AvgIpc) is 2.92. The predicted molar refractivity (Wildman–Crippen MR) is 142 cm³/mol. The van der Waals surface area contributed by atoms with Gasteiger partial charge in [-0.2, -0.15) is 5.10 Å². The summed E-state index contributed by atoms with van der Waals surface area (Å²) in [4.78, 5) is 27.8.